The number of ether oxygens (including phenoxy) is 1. The Bertz CT molecular complexity index is 790. The van der Waals surface area contributed by atoms with E-state index in [1.165, 1.54) is 0 Å². The largest absolute Gasteiger partial charge is 0.494 e. The van der Waals surface area contributed by atoms with Crippen LogP contribution in [0.1, 0.15) is 22.8 Å². The van der Waals surface area contributed by atoms with Crippen LogP contribution in [0.5, 0.6) is 5.75 Å². The monoisotopic (exact) mass is 384 g/mol. The molecule has 2 amide bonds. The molecule has 2 rings (SSSR count). The molecule has 0 heterocycles. The summed E-state index contributed by atoms with van der Waals surface area (Å²) in [6, 6.07) is 15.7. The van der Waals surface area contributed by atoms with E-state index in [0.717, 1.165) is 11.3 Å². The lowest BCUT2D eigenvalue weighted by Crippen LogP contribution is -2.40. The lowest BCUT2D eigenvalue weighted by Gasteiger charge is -2.14. The molecule has 148 valence electrons. The molecule has 1 atom stereocenters. The Hall–Kier alpha value is -3.35. The summed E-state index contributed by atoms with van der Waals surface area (Å²) in [5.74, 6) is -1.85. The van der Waals surface area contributed by atoms with Gasteiger partial charge < -0.3 is 20.5 Å². The van der Waals surface area contributed by atoms with Crippen molar-refractivity contribution in [3.63, 3.8) is 0 Å². The van der Waals surface area contributed by atoms with Crippen LogP contribution in [-0.2, 0) is 16.0 Å². The fraction of sp³-hybridized carbons (Fsp3) is 0.286. The predicted molar refractivity (Wildman–Crippen MR) is 104 cm³/mol. The van der Waals surface area contributed by atoms with E-state index in [0.29, 0.717) is 12.2 Å². The number of rotatable bonds is 10. The van der Waals surface area contributed by atoms with E-state index >= 15 is 0 Å². The Kier molecular flexibility index (Phi) is 8.02. The highest BCUT2D eigenvalue weighted by Crippen LogP contribution is 2.15. The molecule has 0 saturated heterocycles. The van der Waals surface area contributed by atoms with Crippen LogP contribution in [0, 0.1) is 5.92 Å². The van der Waals surface area contributed by atoms with Gasteiger partial charge in [0.05, 0.1) is 19.1 Å². The molecular formula is C21H24N2O5. The summed E-state index contributed by atoms with van der Waals surface area (Å²) in [6.07, 6.45) is 0.276. The van der Waals surface area contributed by atoms with Gasteiger partial charge in [-0.1, -0.05) is 30.3 Å². The number of hydrogen-bond donors (Lipinski definition) is 3. The Balaban J connectivity index is 1.81. The van der Waals surface area contributed by atoms with Crippen LogP contribution in [0.25, 0.3) is 0 Å². The van der Waals surface area contributed by atoms with Crippen molar-refractivity contribution in [3.05, 3.63) is 65.7 Å². The maximum Gasteiger partial charge on any atom is 0.308 e. The Morgan fingerprint density at radius 1 is 1.00 bits per heavy atom. The van der Waals surface area contributed by atoms with Gasteiger partial charge in [-0.25, -0.2) is 0 Å². The zero-order valence-corrected chi connectivity index (χ0v) is 15.7. The van der Waals surface area contributed by atoms with Crippen molar-refractivity contribution in [1.29, 1.82) is 0 Å². The molecule has 2 aromatic rings. The van der Waals surface area contributed by atoms with Crippen LogP contribution in [-0.4, -0.2) is 42.6 Å². The highest BCUT2D eigenvalue weighted by atomic mass is 16.5. The van der Waals surface area contributed by atoms with Crippen LogP contribution in [0.3, 0.4) is 0 Å². The zero-order valence-electron chi connectivity index (χ0n) is 15.7. The van der Waals surface area contributed by atoms with Crippen LogP contribution < -0.4 is 15.4 Å². The number of carboxylic acid groups (broad SMARTS) is 1. The smallest absolute Gasteiger partial charge is 0.308 e. The summed E-state index contributed by atoms with van der Waals surface area (Å²) in [6.45, 7) is 2.20. The summed E-state index contributed by atoms with van der Waals surface area (Å²) in [5.41, 5.74) is 1.29. The Morgan fingerprint density at radius 2 is 1.68 bits per heavy atom. The third-order valence-electron chi connectivity index (χ3n) is 4.06. The zero-order chi connectivity index (χ0) is 20.4. The normalized spacial score (nSPS) is 11.3. The van der Waals surface area contributed by atoms with Gasteiger partial charge in [-0.3, -0.25) is 14.4 Å². The SMILES string of the molecule is CCOc1ccc(CC(CNC(=O)CNC(=O)c2ccccc2)C(=O)O)cc1. The van der Waals surface area contributed by atoms with E-state index in [2.05, 4.69) is 10.6 Å². The van der Waals surface area contributed by atoms with Gasteiger partial charge in [-0.05, 0) is 43.2 Å². The van der Waals surface area contributed by atoms with Crippen LogP contribution in [0.15, 0.2) is 54.6 Å². The van der Waals surface area contributed by atoms with Gasteiger partial charge >= 0.3 is 5.97 Å². The third kappa shape index (κ3) is 6.75. The number of carbonyl (C=O) groups excluding carboxylic acids is 2. The lowest BCUT2D eigenvalue weighted by atomic mass is 9.99. The molecule has 7 nitrogen and oxygen atoms in total. The minimum Gasteiger partial charge on any atom is -0.494 e. The molecule has 0 aromatic heterocycles. The Labute approximate surface area is 163 Å². The summed E-state index contributed by atoms with van der Waals surface area (Å²) in [5, 5.41) is 14.5. The standard InChI is InChI=1S/C21H24N2O5/c1-2-28-18-10-8-15(9-11-18)12-17(21(26)27)13-22-19(24)14-23-20(25)16-6-4-3-5-7-16/h3-11,17H,2,12-14H2,1H3,(H,22,24)(H,23,25)(H,26,27). The van der Waals surface area contributed by atoms with E-state index in [-0.39, 0.29) is 25.4 Å². The van der Waals surface area contributed by atoms with Crippen molar-refractivity contribution in [1.82, 2.24) is 10.6 Å². The van der Waals surface area contributed by atoms with Crippen molar-refractivity contribution in [2.45, 2.75) is 13.3 Å². The predicted octanol–water partition coefficient (Wildman–Crippen LogP) is 1.87. The summed E-state index contributed by atoms with van der Waals surface area (Å²) in [7, 11) is 0. The molecule has 28 heavy (non-hydrogen) atoms. The van der Waals surface area contributed by atoms with E-state index in [1.807, 2.05) is 19.1 Å². The van der Waals surface area contributed by atoms with Gasteiger partial charge in [-0.15, -0.1) is 0 Å². The third-order valence-corrected chi connectivity index (χ3v) is 4.06. The van der Waals surface area contributed by atoms with Crippen molar-refractivity contribution >= 4 is 17.8 Å². The van der Waals surface area contributed by atoms with Crippen molar-refractivity contribution < 1.29 is 24.2 Å². The van der Waals surface area contributed by atoms with Crippen LogP contribution in [0.2, 0.25) is 0 Å². The minimum atomic E-state index is -0.998. The molecule has 0 bridgehead atoms. The fourth-order valence-electron chi connectivity index (χ4n) is 2.57. The molecule has 0 aliphatic heterocycles. The first-order valence-electron chi connectivity index (χ1n) is 9.04. The topological polar surface area (TPSA) is 105 Å². The molecule has 3 N–H and O–H groups in total. The number of aliphatic carboxylic acids is 1. The van der Waals surface area contributed by atoms with Crippen LogP contribution >= 0.6 is 0 Å². The second-order valence-corrected chi connectivity index (χ2v) is 6.17. The molecule has 0 aliphatic rings. The molecule has 0 radical (unpaired) electrons. The number of amides is 2. The average Bonchev–Trinajstić information content (AvgIpc) is 2.71. The van der Waals surface area contributed by atoms with Gasteiger partial charge in [0.15, 0.2) is 0 Å². The van der Waals surface area contributed by atoms with Gasteiger partial charge in [0.1, 0.15) is 5.75 Å². The molecule has 0 spiro atoms. The van der Waals surface area contributed by atoms with E-state index < -0.39 is 17.8 Å². The van der Waals surface area contributed by atoms with Gasteiger partial charge in [-0.2, -0.15) is 0 Å². The second kappa shape index (κ2) is 10.7. The lowest BCUT2D eigenvalue weighted by molar-refractivity contribution is -0.141. The Morgan fingerprint density at radius 3 is 2.29 bits per heavy atom. The first-order valence-corrected chi connectivity index (χ1v) is 9.04. The molecule has 0 fully saturated rings. The number of carbonyl (C=O) groups is 3. The first kappa shape index (κ1) is 21.0. The maximum absolute atomic E-state index is 11.9. The van der Waals surface area contributed by atoms with Crippen molar-refractivity contribution in [3.8, 4) is 5.75 Å². The molecule has 0 saturated carbocycles. The number of carboxylic acids is 1. The van der Waals surface area contributed by atoms with Crippen LogP contribution in [0.4, 0.5) is 0 Å². The summed E-state index contributed by atoms with van der Waals surface area (Å²) in [4.78, 5) is 35.3. The number of nitrogens with one attached hydrogen (secondary N) is 2. The van der Waals surface area contributed by atoms with Crippen molar-refractivity contribution in [2.75, 3.05) is 19.7 Å². The van der Waals surface area contributed by atoms with Gasteiger partial charge in [0, 0.05) is 12.1 Å². The molecule has 7 heteroatoms. The highest BCUT2D eigenvalue weighted by Gasteiger charge is 2.19. The quantitative estimate of drug-likeness (QED) is 0.580. The van der Waals surface area contributed by atoms with Crippen molar-refractivity contribution in [2.24, 2.45) is 5.92 Å². The van der Waals surface area contributed by atoms with E-state index in [4.69, 9.17) is 4.74 Å². The van der Waals surface area contributed by atoms with E-state index in [9.17, 15) is 19.5 Å². The second-order valence-electron chi connectivity index (χ2n) is 6.17. The summed E-state index contributed by atoms with van der Waals surface area (Å²) >= 11 is 0. The molecule has 0 aliphatic carbocycles. The van der Waals surface area contributed by atoms with E-state index in [1.54, 1.807) is 42.5 Å². The molecule has 2 aromatic carbocycles. The molecule has 1 unspecified atom stereocenters. The average molecular weight is 384 g/mol. The number of benzene rings is 2. The van der Waals surface area contributed by atoms with Gasteiger partial charge in [0.25, 0.3) is 5.91 Å². The first-order chi connectivity index (χ1) is 13.5. The van der Waals surface area contributed by atoms with Gasteiger partial charge in [0.2, 0.25) is 5.91 Å². The maximum atomic E-state index is 11.9. The highest BCUT2D eigenvalue weighted by molar-refractivity contribution is 5.96. The fourth-order valence-corrected chi connectivity index (χ4v) is 2.57. The summed E-state index contributed by atoms with van der Waals surface area (Å²) < 4.78 is 5.36. The number of hydrogen-bond acceptors (Lipinski definition) is 4. The minimum absolute atomic E-state index is 0.0252. The molecular weight excluding hydrogens is 360 g/mol.